The molecule has 3 heterocycles. The Hall–Kier alpha value is -2.89. The van der Waals surface area contributed by atoms with E-state index in [1.807, 2.05) is 38.2 Å². The molecule has 1 unspecified atom stereocenters. The van der Waals surface area contributed by atoms with E-state index in [4.69, 9.17) is 0 Å². The molecule has 2 aromatic rings. The van der Waals surface area contributed by atoms with E-state index in [-0.39, 0.29) is 17.7 Å². The molecule has 1 fully saturated rings. The SMILES string of the molecule is CC(C)CC(=O)N1Cc2ccccc2CC1C(=O)NCc1ccc(N2CCCCCC2)nc1. The Balaban J connectivity index is 1.41. The summed E-state index contributed by atoms with van der Waals surface area (Å²) in [5.74, 6) is 1.22. The number of benzene rings is 1. The second kappa shape index (κ2) is 10.8. The molecule has 0 radical (unpaired) electrons. The van der Waals surface area contributed by atoms with Crippen molar-refractivity contribution in [2.24, 2.45) is 5.92 Å². The monoisotopic (exact) mass is 448 g/mol. The van der Waals surface area contributed by atoms with E-state index in [2.05, 4.69) is 33.4 Å². The van der Waals surface area contributed by atoms with E-state index in [0.29, 0.717) is 25.9 Å². The quantitative estimate of drug-likeness (QED) is 0.723. The minimum Gasteiger partial charge on any atom is -0.357 e. The first-order valence-electron chi connectivity index (χ1n) is 12.3. The molecule has 0 aliphatic carbocycles. The lowest BCUT2D eigenvalue weighted by molar-refractivity contribution is -0.142. The van der Waals surface area contributed by atoms with E-state index in [1.54, 1.807) is 4.90 Å². The number of pyridine rings is 1. The average molecular weight is 449 g/mol. The number of hydrogen-bond donors (Lipinski definition) is 1. The zero-order valence-corrected chi connectivity index (χ0v) is 19.9. The Morgan fingerprint density at radius 2 is 1.76 bits per heavy atom. The fourth-order valence-corrected chi connectivity index (χ4v) is 4.80. The van der Waals surface area contributed by atoms with Gasteiger partial charge in [-0.3, -0.25) is 9.59 Å². The van der Waals surface area contributed by atoms with Gasteiger partial charge in [-0.15, -0.1) is 0 Å². The molecule has 1 aromatic heterocycles. The first-order valence-corrected chi connectivity index (χ1v) is 12.3. The fraction of sp³-hybridized carbons (Fsp3) is 0.519. The van der Waals surface area contributed by atoms with Crippen LogP contribution in [-0.2, 0) is 29.1 Å². The molecule has 6 heteroatoms. The molecule has 2 aliphatic heterocycles. The van der Waals surface area contributed by atoms with Gasteiger partial charge in [0.25, 0.3) is 0 Å². The maximum Gasteiger partial charge on any atom is 0.243 e. The maximum atomic E-state index is 13.2. The first kappa shape index (κ1) is 23.3. The van der Waals surface area contributed by atoms with Crippen molar-refractivity contribution in [2.75, 3.05) is 18.0 Å². The van der Waals surface area contributed by atoms with Crippen LogP contribution in [0.15, 0.2) is 42.6 Å². The van der Waals surface area contributed by atoms with E-state index >= 15 is 0 Å². The third-order valence-electron chi connectivity index (χ3n) is 6.66. The lowest BCUT2D eigenvalue weighted by Gasteiger charge is -2.36. The predicted molar refractivity (Wildman–Crippen MR) is 131 cm³/mol. The Bertz CT molecular complexity index is 949. The van der Waals surface area contributed by atoms with Gasteiger partial charge in [0.15, 0.2) is 0 Å². The number of aromatic nitrogens is 1. The van der Waals surface area contributed by atoms with E-state index in [9.17, 15) is 9.59 Å². The Kier molecular flexibility index (Phi) is 7.63. The van der Waals surface area contributed by atoms with Crippen molar-refractivity contribution in [1.29, 1.82) is 0 Å². The van der Waals surface area contributed by atoms with E-state index in [0.717, 1.165) is 35.6 Å². The van der Waals surface area contributed by atoms with Crippen molar-refractivity contribution in [3.05, 3.63) is 59.3 Å². The highest BCUT2D eigenvalue weighted by Gasteiger charge is 2.34. The third-order valence-corrected chi connectivity index (χ3v) is 6.66. The summed E-state index contributed by atoms with van der Waals surface area (Å²) in [6, 6.07) is 11.7. The number of amides is 2. The average Bonchev–Trinajstić information content (AvgIpc) is 3.11. The standard InChI is InChI=1S/C27H36N4O2/c1-20(2)15-26(32)31-19-23-10-6-5-9-22(23)16-24(31)27(33)29-18-21-11-12-25(28-17-21)30-13-7-3-4-8-14-30/h5-6,9-12,17,20,24H,3-4,7-8,13-16,18-19H2,1-2H3,(H,29,33). The van der Waals surface area contributed by atoms with Gasteiger partial charge >= 0.3 is 0 Å². The number of fused-ring (bicyclic) bond motifs is 1. The molecule has 1 aromatic carbocycles. The molecule has 33 heavy (non-hydrogen) atoms. The van der Waals surface area contributed by atoms with Crippen LogP contribution < -0.4 is 10.2 Å². The molecule has 176 valence electrons. The number of nitrogens with one attached hydrogen (secondary N) is 1. The van der Waals surface area contributed by atoms with Crippen molar-refractivity contribution >= 4 is 17.6 Å². The number of nitrogens with zero attached hydrogens (tertiary/aromatic N) is 3. The molecule has 4 rings (SSSR count). The van der Waals surface area contributed by atoms with Crippen LogP contribution in [0.2, 0.25) is 0 Å². The van der Waals surface area contributed by atoms with Gasteiger partial charge in [-0.25, -0.2) is 4.98 Å². The molecule has 1 atom stereocenters. The van der Waals surface area contributed by atoms with Crippen LogP contribution in [0.5, 0.6) is 0 Å². The highest BCUT2D eigenvalue weighted by Crippen LogP contribution is 2.25. The molecule has 0 saturated carbocycles. The molecule has 0 spiro atoms. The Morgan fingerprint density at radius 3 is 2.42 bits per heavy atom. The minimum atomic E-state index is -0.476. The topological polar surface area (TPSA) is 65.5 Å². The van der Waals surface area contributed by atoms with Crippen LogP contribution in [0, 0.1) is 5.92 Å². The summed E-state index contributed by atoms with van der Waals surface area (Å²) in [5, 5.41) is 3.06. The van der Waals surface area contributed by atoms with Gasteiger partial charge in [-0.1, -0.05) is 57.0 Å². The fourth-order valence-electron chi connectivity index (χ4n) is 4.80. The number of carbonyl (C=O) groups is 2. The highest BCUT2D eigenvalue weighted by atomic mass is 16.2. The van der Waals surface area contributed by atoms with Gasteiger partial charge in [0.1, 0.15) is 11.9 Å². The molecule has 1 saturated heterocycles. The van der Waals surface area contributed by atoms with Crippen molar-refractivity contribution in [3.8, 4) is 0 Å². The summed E-state index contributed by atoms with van der Waals surface area (Å²) in [5.41, 5.74) is 3.25. The molecule has 1 N–H and O–H groups in total. The minimum absolute atomic E-state index is 0.0446. The summed E-state index contributed by atoms with van der Waals surface area (Å²) in [4.78, 5) is 34.9. The summed E-state index contributed by atoms with van der Waals surface area (Å²) in [6.07, 6.45) is 7.89. The van der Waals surface area contributed by atoms with Gasteiger partial charge in [-0.05, 0) is 41.5 Å². The van der Waals surface area contributed by atoms with Gasteiger partial charge < -0.3 is 15.1 Å². The normalized spacial score (nSPS) is 18.6. The lowest BCUT2D eigenvalue weighted by atomic mass is 9.92. The third kappa shape index (κ3) is 5.92. The smallest absolute Gasteiger partial charge is 0.243 e. The van der Waals surface area contributed by atoms with Crippen LogP contribution in [0.1, 0.15) is 62.6 Å². The van der Waals surface area contributed by atoms with Crippen molar-refractivity contribution in [3.63, 3.8) is 0 Å². The largest absolute Gasteiger partial charge is 0.357 e. The molecule has 6 nitrogen and oxygen atoms in total. The number of carbonyl (C=O) groups excluding carboxylic acids is 2. The lowest BCUT2D eigenvalue weighted by Crippen LogP contribution is -2.52. The Labute approximate surface area is 197 Å². The van der Waals surface area contributed by atoms with Gasteiger partial charge in [0.05, 0.1) is 0 Å². The summed E-state index contributed by atoms with van der Waals surface area (Å²) < 4.78 is 0. The van der Waals surface area contributed by atoms with Crippen LogP contribution in [0.25, 0.3) is 0 Å². The second-order valence-electron chi connectivity index (χ2n) is 9.75. The predicted octanol–water partition coefficient (Wildman–Crippen LogP) is 4.08. The van der Waals surface area contributed by atoms with E-state index < -0.39 is 6.04 Å². The summed E-state index contributed by atoms with van der Waals surface area (Å²) in [6.45, 7) is 7.10. The second-order valence-corrected chi connectivity index (χ2v) is 9.75. The molecule has 2 aliphatic rings. The molecule has 2 amide bonds. The van der Waals surface area contributed by atoms with Crippen LogP contribution in [0.4, 0.5) is 5.82 Å². The highest BCUT2D eigenvalue weighted by molar-refractivity contribution is 5.88. The van der Waals surface area contributed by atoms with Crippen molar-refractivity contribution in [2.45, 2.75) is 71.5 Å². The molecular formula is C27H36N4O2. The van der Waals surface area contributed by atoms with E-state index in [1.165, 1.54) is 25.7 Å². The first-order chi connectivity index (χ1) is 16.0. The van der Waals surface area contributed by atoms with Gasteiger partial charge in [0.2, 0.25) is 11.8 Å². The van der Waals surface area contributed by atoms with Gasteiger partial charge in [0, 0.05) is 45.2 Å². The van der Waals surface area contributed by atoms with Crippen LogP contribution >= 0.6 is 0 Å². The Morgan fingerprint density at radius 1 is 1.03 bits per heavy atom. The molecular weight excluding hydrogens is 412 g/mol. The number of rotatable bonds is 6. The van der Waals surface area contributed by atoms with Crippen LogP contribution in [-0.4, -0.2) is 40.8 Å². The number of hydrogen-bond acceptors (Lipinski definition) is 4. The van der Waals surface area contributed by atoms with Crippen molar-refractivity contribution < 1.29 is 9.59 Å². The molecule has 0 bridgehead atoms. The van der Waals surface area contributed by atoms with Crippen LogP contribution in [0.3, 0.4) is 0 Å². The zero-order chi connectivity index (χ0) is 23.2. The zero-order valence-electron chi connectivity index (χ0n) is 19.9. The summed E-state index contributed by atoms with van der Waals surface area (Å²) in [7, 11) is 0. The van der Waals surface area contributed by atoms with Gasteiger partial charge in [-0.2, -0.15) is 0 Å². The van der Waals surface area contributed by atoms with Crippen molar-refractivity contribution in [1.82, 2.24) is 15.2 Å². The maximum absolute atomic E-state index is 13.2. The number of anilines is 1. The summed E-state index contributed by atoms with van der Waals surface area (Å²) >= 11 is 0.